The van der Waals surface area contributed by atoms with Crippen molar-refractivity contribution in [3.63, 3.8) is 0 Å². The minimum atomic E-state index is -0.0745. The van der Waals surface area contributed by atoms with Gasteiger partial charge in [0.25, 0.3) is 0 Å². The lowest BCUT2D eigenvalue weighted by Gasteiger charge is -2.32. The Labute approximate surface area is 112 Å². The second kappa shape index (κ2) is 6.91. The highest BCUT2D eigenvalue weighted by atomic mass is 32.1. The number of thiophene rings is 1. The van der Waals surface area contributed by atoms with Gasteiger partial charge in [0.1, 0.15) is 6.61 Å². The Kier molecular flexibility index (Phi) is 5.21. The molecule has 0 bridgehead atoms. The molecule has 98 valence electrons. The summed E-state index contributed by atoms with van der Waals surface area (Å²) in [5, 5.41) is 8.66. The van der Waals surface area contributed by atoms with Gasteiger partial charge >= 0.3 is 0 Å². The second-order valence-corrected chi connectivity index (χ2v) is 5.53. The Morgan fingerprint density at radius 3 is 3.22 bits per heavy atom. The average Bonchev–Trinajstić information content (AvgIpc) is 2.84. The van der Waals surface area contributed by atoms with E-state index in [1.807, 2.05) is 6.07 Å². The quantitative estimate of drug-likeness (QED) is 0.844. The molecule has 2 heterocycles. The lowest BCUT2D eigenvalue weighted by Crippen LogP contribution is -2.41. The van der Waals surface area contributed by atoms with E-state index in [1.165, 1.54) is 4.88 Å². The molecule has 1 N–H and O–H groups in total. The molecule has 18 heavy (non-hydrogen) atoms. The van der Waals surface area contributed by atoms with Crippen LogP contribution in [0.5, 0.6) is 0 Å². The van der Waals surface area contributed by atoms with Crippen LogP contribution in [0.15, 0.2) is 12.1 Å². The monoisotopic (exact) mass is 265 g/mol. The summed E-state index contributed by atoms with van der Waals surface area (Å²) in [6.07, 6.45) is 1.46. The molecule has 2 rings (SSSR count). The van der Waals surface area contributed by atoms with Crippen LogP contribution in [0, 0.1) is 11.8 Å². The van der Waals surface area contributed by atoms with Gasteiger partial charge in [-0.3, -0.25) is 4.90 Å². The van der Waals surface area contributed by atoms with Gasteiger partial charge in [-0.05, 0) is 18.6 Å². The molecule has 1 fully saturated rings. The number of aliphatic hydroxyl groups excluding tert-OH is 1. The Balaban J connectivity index is 1.90. The van der Waals surface area contributed by atoms with Gasteiger partial charge in [0.15, 0.2) is 0 Å². The second-order valence-electron chi connectivity index (χ2n) is 4.36. The first-order valence-electron chi connectivity index (χ1n) is 6.34. The fourth-order valence-corrected chi connectivity index (χ4v) is 2.97. The fraction of sp³-hybridized carbons (Fsp3) is 0.571. The molecule has 4 heteroatoms. The molecule has 1 atom stereocenters. The smallest absolute Gasteiger partial charge is 0.104 e. The summed E-state index contributed by atoms with van der Waals surface area (Å²) < 4.78 is 5.66. The van der Waals surface area contributed by atoms with Crippen LogP contribution in [0.25, 0.3) is 0 Å². The van der Waals surface area contributed by atoms with Crippen molar-refractivity contribution in [3.05, 3.63) is 21.9 Å². The van der Waals surface area contributed by atoms with Crippen molar-refractivity contribution in [2.45, 2.75) is 26.0 Å². The normalized spacial score (nSPS) is 20.4. The Bertz CT molecular complexity index is 432. The first-order valence-corrected chi connectivity index (χ1v) is 7.16. The maximum atomic E-state index is 8.66. The molecule has 1 aromatic heterocycles. The molecular formula is C14H19NO2S. The molecule has 0 aliphatic carbocycles. The maximum absolute atomic E-state index is 8.66. The van der Waals surface area contributed by atoms with Crippen LogP contribution in [-0.4, -0.2) is 42.4 Å². The van der Waals surface area contributed by atoms with Crippen molar-refractivity contribution in [2.75, 3.05) is 26.3 Å². The van der Waals surface area contributed by atoms with Crippen LogP contribution in [0.3, 0.4) is 0 Å². The lowest BCUT2D eigenvalue weighted by molar-refractivity contribution is -0.0321. The lowest BCUT2D eigenvalue weighted by atomic mass is 10.2. The number of rotatable bonds is 3. The van der Waals surface area contributed by atoms with Crippen LogP contribution >= 0.6 is 11.3 Å². The van der Waals surface area contributed by atoms with Gasteiger partial charge < -0.3 is 9.84 Å². The molecule has 1 aliphatic rings. The minimum absolute atomic E-state index is 0.0745. The summed E-state index contributed by atoms with van der Waals surface area (Å²) in [7, 11) is 0. The molecule has 1 aromatic rings. The largest absolute Gasteiger partial charge is 0.384 e. The molecule has 0 spiro atoms. The molecule has 0 aromatic carbocycles. The van der Waals surface area contributed by atoms with E-state index >= 15 is 0 Å². The summed E-state index contributed by atoms with van der Waals surface area (Å²) >= 11 is 1.71. The zero-order valence-electron chi connectivity index (χ0n) is 10.7. The fourth-order valence-electron chi connectivity index (χ4n) is 2.05. The van der Waals surface area contributed by atoms with E-state index in [2.05, 4.69) is 29.7 Å². The van der Waals surface area contributed by atoms with Gasteiger partial charge in [0, 0.05) is 24.5 Å². The van der Waals surface area contributed by atoms with Crippen LogP contribution in [0.1, 0.15) is 23.1 Å². The summed E-state index contributed by atoms with van der Waals surface area (Å²) in [5.41, 5.74) is 0. The number of hydrogen-bond donors (Lipinski definition) is 1. The van der Waals surface area contributed by atoms with Crippen molar-refractivity contribution in [1.82, 2.24) is 4.90 Å². The molecule has 0 amide bonds. The highest BCUT2D eigenvalue weighted by Gasteiger charge is 2.19. The topological polar surface area (TPSA) is 32.7 Å². The van der Waals surface area contributed by atoms with E-state index in [4.69, 9.17) is 9.84 Å². The third-order valence-electron chi connectivity index (χ3n) is 3.01. The zero-order valence-corrected chi connectivity index (χ0v) is 11.5. The van der Waals surface area contributed by atoms with E-state index in [1.54, 1.807) is 11.3 Å². The number of morpholine rings is 1. The Morgan fingerprint density at radius 1 is 1.56 bits per heavy atom. The average molecular weight is 265 g/mol. The van der Waals surface area contributed by atoms with Gasteiger partial charge in [-0.25, -0.2) is 0 Å². The zero-order chi connectivity index (χ0) is 12.8. The predicted octanol–water partition coefficient (Wildman–Crippen LogP) is 1.70. The Hall–Kier alpha value is -0.860. The highest BCUT2D eigenvalue weighted by molar-refractivity contribution is 7.12. The summed E-state index contributed by atoms with van der Waals surface area (Å²) in [4.78, 5) is 4.79. The van der Waals surface area contributed by atoms with Gasteiger partial charge in [0.2, 0.25) is 0 Å². The number of ether oxygens (including phenoxy) is 1. The van der Waals surface area contributed by atoms with Gasteiger partial charge in [-0.1, -0.05) is 18.8 Å². The summed E-state index contributed by atoms with van der Waals surface area (Å²) in [6.45, 7) is 5.93. The number of aliphatic hydroxyl groups is 1. The van der Waals surface area contributed by atoms with Crippen molar-refractivity contribution in [1.29, 1.82) is 0 Å². The summed E-state index contributed by atoms with van der Waals surface area (Å²) in [6, 6.07) is 4.16. The van der Waals surface area contributed by atoms with Gasteiger partial charge in [-0.2, -0.15) is 0 Å². The molecule has 3 nitrogen and oxygen atoms in total. The van der Waals surface area contributed by atoms with E-state index in [0.717, 1.165) is 37.5 Å². The number of hydrogen-bond acceptors (Lipinski definition) is 4. The maximum Gasteiger partial charge on any atom is 0.104 e. The van der Waals surface area contributed by atoms with Crippen LogP contribution < -0.4 is 0 Å². The molecule has 1 saturated heterocycles. The molecule has 1 aliphatic heterocycles. The number of nitrogens with zero attached hydrogens (tertiary/aromatic N) is 1. The van der Waals surface area contributed by atoms with Crippen molar-refractivity contribution < 1.29 is 9.84 Å². The Morgan fingerprint density at radius 2 is 2.44 bits per heavy atom. The highest BCUT2D eigenvalue weighted by Crippen LogP contribution is 2.19. The molecular weight excluding hydrogens is 246 g/mol. The van der Waals surface area contributed by atoms with Crippen LogP contribution in [-0.2, 0) is 11.3 Å². The van der Waals surface area contributed by atoms with E-state index in [-0.39, 0.29) is 6.61 Å². The van der Waals surface area contributed by atoms with Gasteiger partial charge in [-0.15, -0.1) is 11.3 Å². The third kappa shape index (κ3) is 3.82. The van der Waals surface area contributed by atoms with Crippen LogP contribution in [0.2, 0.25) is 0 Å². The van der Waals surface area contributed by atoms with Gasteiger partial charge in [0.05, 0.1) is 17.6 Å². The predicted molar refractivity (Wildman–Crippen MR) is 73.6 cm³/mol. The van der Waals surface area contributed by atoms with Crippen LogP contribution in [0.4, 0.5) is 0 Å². The van der Waals surface area contributed by atoms with E-state index in [0.29, 0.717) is 6.10 Å². The summed E-state index contributed by atoms with van der Waals surface area (Å²) in [5.74, 6) is 5.63. The van der Waals surface area contributed by atoms with Crippen molar-refractivity contribution in [3.8, 4) is 11.8 Å². The first kappa shape index (κ1) is 13.6. The molecule has 0 saturated carbocycles. The van der Waals surface area contributed by atoms with E-state index < -0.39 is 0 Å². The van der Waals surface area contributed by atoms with Crippen molar-refractivity contribution >= 4 is 11.3 Å². The van der Waals surface area contributed by atoms with Crippen molar-refractivity contribution in [2.24, 2.45) is 0 Å². The minimum Gasteiger partial charge on any atom is -0.384 e. The third-order valence-corrected chi connectivity index (χ3v) is 4.00. The standard InChI is InChI=1S/C14H19NO2S/c1-2-12-10-15(7-9-17-12)11-14-6-5-13(18-14)4-3-8-16/h5-6,12,16H,2,7-11H2,1H3. The molecule has 1 unspecified atom stereocenters. The molecule has 0 radical (unpaired) electrons. The first-order chi connectivity index (χ1) is 8.81. The SMILES string of the molecule is CCC1CN(Cc2ccc(C#CCO)s2)CCO1. The van der Waals surface area contributed by atoms with E-state index in [9.17, 15) is 0 Å².